The summed E-state index contributed by atoms with van der Waals surface area (Å²) in [5.41, 5.74) is 7.26. The molecule has 0 aliphatic heterocycles. The molecule has 2 nitrogen and oxygen atoms in total. The molecule has 3 heteroatoms. The first-order chi connectivity index (χ1) is 7.42. The first-order valence-electron chi connectivity index (χ1n) is 5.78. The fraction of sp³-hybridized carbons (Fsp3) is 0.692. The molecule has 2 N–H and O–H groups in total. The van der Waals surface area contributed by atoms with E-state index in [0.717, 1.165) is 19.6 Å². The smallest absolute Gasteiger partial charge is 0.0727 e. The van der Waals surface area contributed by atoms with Crippen LogP contribution in [-0.4, -0.2) is 6.61 Å². The van der Waals surface area contributed by atoms with Gasteiger partial charge in [-0.2, -0.15) is 0 Å². The normalized spacial score (nSPS) is 12.1. The Labute approximate surface area is 103 Å². The summed E-state index contributed by atoms with van der Waals surface area (Å²) in [6.07, 6.45) is 1.10. The maximum Gasteiger partial charge on any atom is 0.0727 e. The zero-order chi connectivity index (χ0) is 12.2. The number of hydrogen-bond acceptors (Lipinski definition) is 3. The van der Waals surface area contributed by atoms with Crippen molar-refractivity contribution >= 4 is 11.3 Å². The summed E-state index contributed by atoms with van der Waals surface area (Å²) in [5, 5.41) is 0. The molecule has 0 atom stereocenters. The fourth-order valence-corrected chi connectivity index (χ4v) is 2.32. The Bertz CT molecular complexity index is 325. The van der Waals surface area contributed by atoms with Gasteiger partial charge in [0.2, 0.25) is 0 Å². The predicted octanol–water partition coefficient (Wildman–Crippen LogP) is 3.47. The molecule has 0 aliphatic rings. The van der Waals surface area contributed by atoms with Crippen LogP contribution in [0.5, 0.6) is 0 Å². The van der Waals surface area contributed by atoms with Crippen molar-refractivity contribution in [3.63, 3.8) is 0 Å². The van der Waals surface area contributed by atoms with Crippen molar-refractivity contribution in [1.29, 1.82) is 0 Å². The lowest BCUT2D eigenvalue weighted by Gasteiger charge is -2.17. The number of hydrogen-bond donors (Lipinski definition) is 1. The highest BCUT2D eigenvalue weighted by atomic mass is 32.1. The molecule has 1 heterocycles. The zero-order valence-electron chi connectivity index (χ0n) is 10.8. The highest BCUT2D eigenvalue weighted by Gasteiger charge is 2.10. The quantitative estimate of drug-likeness (QED) is 0.801. The van der Waals surface area contributed by atoms with E-state index in [4.69, 9.17) is 10.5 Å². The number of nitrogens with two attached hydrogens (primary N) is 1. The fourth-order valence-electron chi connectivity index (χ4n) is 1.39. The van der Waals surface area contributed by atoms with E-state index in [1.165, 1.54) is 15.3 Å². The predicted molar refractivity (Wildman–Crippen MR) is 70.7 cm³/mol. The Balaban J connectivity index is 2.34. The van der Waals surface area contributed by atoms with Crippen LogP contribution in [0, 0.1) is 12.3 Å². The summed E-state index contributed by atoms with van der Waals surface area (Å²) < 4.78 is 5.70. The molecule has 1 rings (SSSR count). The molecule has 0 saturated carbocycles. The first-order valence-corrected chi connectivity index (χ1v) is 6.60. The van der Waals surface area contributed by atoms with Crippen molar-refractivity contribution in [2.75, 3.05) is 6.61 Å². The van der Waals surface area contributed by atoms with E-state index in [1.54, 1.807) is 11.3 Å². The van der Waals surface area contributed by atoms with Crippen molar-refractivity contribution < 1.29 is 4.74 Å². The minimum Gasteiger partial charge on any atom is -0.377 e. The Hall–Kier alpha value is -0.380. The summed E-state index contributed by atoms with van der Waals surface area (Å²) in [6.45, 7) is 11.0. The Morgan fingerprint density at radius 2 is 2.06 bits per heavy atom. The van der Waals surface area contributed by atoms with Crippen molar-refractivity contribution in [3.8, 4) is 0 Å². The second-order valence-electron chi connectivity index (χ2n) is 5.36. The third-order valence-corrected chi connectivity index (χ3v) is 3.64. The lowest BCUT2D eigenvalue weighted by molar-refractivity contribution is 0.0961. The number of aryl methyl sites for hydroxylation is 1. The Morgan fingerprint density at radius 3 is 2.56 bits per heavy atom. The molecule has 0 bridgehead atoms. The third kappa shape index (κ3) is 4.64. The van der Waals surface area contributed by atoms with E-state index < -0.39 is 0 Å². The van der Waals surface area contributed by atoms with Gasteiger partial charge in [-0.25, -0.2) is 0 Å². The molecule has 0 aliphatic carbocycles. The second kappa shape index (κ2) is 5.80. The van der Waals surface area contributed by atoms with Gasteiger partial charge in [0.15, 0.2) is 0 Å². The molecule has 0 aromatic carbocycles. The van der Waals surface area contributed by atoms with Crippen molar-refractivity contribution in [2.45, 2.75) is 47.3 Å². The summed E-state index contributed by atoms with van der Waals surface area (Å²) in [4.78, 5) is 2.57. The van der Waals surface area contributed by atoms with Crippen molar-refractivity contribution in [1.82, 2.24) is 0 Å². The second-order valence-corrected chi connectivity index (χ2v) is 6.70. The van der Waals surface area contributed by atoms with Gasteiger partial charge in [-0.15, -0.1) is 11.3 Å². The maximum atomic E-state index is 5.70. The lowest BCUT2D eigenvalue weighted by atomic mass is 9.93. The molecule has 0 unspecified atom stereocenters. The van der Waals surface area contributed by atoms with Crippen molar-refractivity contribution in [3.05, 3.63) is 21.4 Å². The van der Waals surface area contributed by atoms with Crippen LogP contribution in [0.1, 0.15) is 42.5 Å². The lowest BCUT2D eigenvalue weighted by Crippen LogP contribution is -2.09. The standard InChI is InChI=1S/C13H23NOS/c1-10-11(7-12(8-14)16-10)9-15-6-5-13(2,3)4/h7H,5-6,8-9,14H2,1-4H3. The molecule has 0 radical (unpaired) electrons. The van der Waals surface area contributed by atoms with E-state index in [9.17, 15) is 0 Å². The van der Waals surface area contributed by atoms with Crippen LogP contribution >= 0.6 is 11.3 Å². The van der Waals surface area contributed by atoms with Crippen LogP contribution in [0.15, 0.2) is 6.07 Å². The van der Waals surface area contributed by atoms with Gasteiger partial charge in [0.25, 0.3) is 0 Å². The summed E-state index contributed by atoms with van der Waals surface area (Å²) in [7, 11) is 0. The molecule has 92 valence electrons. The van der Waals surface area contributed by atoms with Gasteiger partial charge in [0, 0.05) is 22.9 Å². The highest BCUT2D eigenvalue weighted by molar-refractivity contribution is 7.12. The van der Waals surface area contributed by atoms with Gasteiger partial charge in [-0.3, -0.25) is 0 Å². The van der Waals surface area contributed by atoms with E-state index in [-0.39, 0.29) is 0 Å². The summed E-state index contributed by atoms with van der Waals surface area (Å²) in [6, 6.07) is 2.16. The molecule has 0 saturated heterocycles. The minimum atomic E-state index is 0.353. The molecule has 0 spiro atoms. The largest absolute Gasteiger partial charge is 0.377 e. The van der Waals surface area contributed by atoms with E-state index in [2.05, 4.69) is 33.8 Å². The van der Waals surface area contributed by atoms with Gasteiger partial charge < -0.3 is 10.5 Å². The van der Waals surface area contributed by atoms with Gasteiger partial charge in [-0.05, 0) is 30.4 Å². The zero-order valence-corrected chi connectivity index (χ0v) is 11.6. The van der Waals surface area contributed by atoms with Crippen LogP contribution in [0.4, 0.5) is 0 Å². The number of ether oxygens (including phenoxy) is 1. The molecule has 0 fully saturated rings. The minimum absolute atomic E-state index is 0.353. The molecule has 1 aromatic heterocycles. The van der Waals surface area contributed by atoms with Gasteiger partial charge >= 0.3 is 0 Å². The van der Waals surface area contributed by atoms with Crippen molar-refractivity contribution in [2.24, 2.45) is 11.1 Å². The number of rotatable bonds is 5. The number of thiophene rings is 1. The van der Waals surface area contributed by atoms with Gasteiger partial charge in [-0.1, -0.05) is 20.8 Å². The van der Waals surface area contributed by atoms with E-state index in [0.29, 0.717) is 12.0 Å². The molecular weight excluding hydrogens is 218 g/mol. The average Bonchev–Trinajstić information content (AvgIpc) is 2.53. The highest BCUT2D eigenvalue weighted by Crippen LogP contribution is 2.23. The van der Waals surface area contributed by atoms with Gasteiger partial charge in [0.05, 0.1) is 6.61 Å². The van der Waals surface area contributed by atoms with Crippen LogP contribution in [0.2, 0.25) is 0 Å². The first kappa shape index (κ1) is 13.7. The van der Waals surface area contributed by atoms with E-state index >= 15 is 0 Å². The SMILES string of the molecule is Cc1sc(CN)cc1COCCC(C)(C)C. The molecule has 1 aromatic rings. The molecule has 16 heavy (non-hydrogen) atoms. The van der Waals surface area contributed by atoms with E-state index in [1.807, 2.05) is 0 Å². The van der Waals surface area contributed by atoms with Gasteiger partial charge in [0.1, 0.15) is 0 Å². The topological polar surface area (TPSA) is 35.2 Å². The Morgan fingerprint density at radius 1 is 1.38 bits per heavy atom. The molecular formula is C13H23NOS. The van der Waals surface area contributed by atoms with Crippen LogP contribution < -0.4 is 5.73 Å². The Kier molecular flexibility index (Phi) is 4.96. The monoisotopic (exact) mass is 241 g/mol. The summed E-state index contributed by atoms with van der Waals surface area (Å²) >= 11 is 1.77. The summed E-state index contributed by atoms with van der Waals surface area (Å²) in [5.74, 6) is 0. The third-order valence-electron chi connectivity index (χ3n) is 2.53. The van der Waals surface area contributed by atoms with Crippen LogP contribution in [0.3, 0.4) is 0 Å². The van der Waals surface area contributed by atoms with Crippen LogP contribution in [0.25, 0.3) is 0 Å². The van der Waals surface area contributed by atoms with Crippen LogP contribution in [-0.2, 0) is 17.9 Å². The molecule has 0 amide bonds. The average molecular weight is 241 g/mol. The maximum absolute atomic E-state index is 5.70.